The van der Waals surface area contributed by atoms with Gasteiger partial charge in [0.1, 0.15) is 5.75 Å². The van der Waals surface area contributed by atoms with Gasteiger partial charge in [-0.2, -0.15) is 0 Å². The number of benzene rings is 2. The summed E-state index contributed by atoms with van der Waals surface area (Å²) in [4.78, 5) is 37.5. The summed E-state index contributed by atoms with van der Waals surface area (Å²) in [6.45, 7) is 0.542. The van der Waals surface area contributed by atoms with Gasteiger partial charge in [-0.05, 0) is 48.7 Å². The average molecular weight is 379 g/mol. The van der Waals surface area contributed by atoms with Gasteiger partial charge >= 0.3 is 5.97 Å². The molecule has 1 heterocycles. The minimum atomic E-state index is -0.434. The van der Waals surface area contributed by atoms with E-state index in [0.717, 1.165) is 11.3 Å². The second kappa shape index (κ2) is 8.99. The van der Waals surface area contributed by atoms with Gasteiger partial charge < -0.3 is 9.47 Å². The van der Waals surface area contributed by atoms with Crippen molar-refractivity contribution in [3.8, 4) is 5.75 Å². The Bertz CT molecular complexity index is 866. The fourth-order valence-corrected chi connectivity index (χ4v) is 2.91. The normalized spacial score (nSPS) is 13.1. The van der Waals surface area contributed by atoms with E-state index in [2.05, 4.69) is 0 Å². The first-order valence-electron chi connectivity index (χ1n) is 9.04. The van der Waals surface area contributed by atoms with Crippen LogP contribution >= 0.6 is 0 Å². The van der Waals surface area contributed by atoms with E-state index >= 15 is 0 Å². The van der Waals surface area contributed by atoms with E-state index in [4.69, 9.17) is 9.47 Å². The molecule has 0 bridgehead atoms. The summed E-state index contributed by atoms with van der Waals surface area (Å²) >= 11 is 0. The summed E-state index contributed by atoms with van der Waals surface area (Å²) < 4.78 is 10.2. The summed E-state index contributed by atoms with van der Waals surface area (Å²) in [5.41, 5.74) is 1.76. The molecule has 0 N–H and O–H groups in total. The van der Waals surface area contributed by atoms with Crippen LogP contribution in [0.5, 0.6) is 5.75 Å². The second-order valence-electron chi connectivity index (χ2n) is 6.29. The number of hydrogen-bond donors (Lipinski definition) is 0. The van der Waals surface area contributed by atoms with Crippen LogP contribution in [0, 0.1) is 0 Å². The number of carbonyl (C=O) groups is 3. The van der Waals surface area contributed by atoms with Crippen LogP contribution in [0.3, 0.4) is 0 Å². The van der Waals surface area contributed by atoms with E-state index in [-0.39, 0.29) is 18.4 Å². The fraction of sp³-hybridized carbons (Fsp3) is 0.227. The first kappa shape index (κ1) is 19.4. The third-order valence-electron chi connectivity index (χ3n) is 4.43. The average Bonchev–Trinajstić information content (AvgIpc) is 2.97. The van der Waals surface area contributed by atoms with Crippen LogP contribution in [-0.4, -0.2) is 42.9 Å². The Kier molecular flexibility index (Phi) is 6.22. The second-order valence-corrected chi connectivity index (χ2v) is 6.29. The van der Waals surface area contributed by atoms with Crippen molar-refractivity contribution < 1.29 is 23.9 Å². The molecule has 0 aliphatic carbocycles. The Hall–Kier alpha value is -3.41. The lowest BCUT2D eigenvalue weighted by Gasteiger charge is -2.13. The lowest BCUT2D eigenvalue weighted by atomic mass is 10.1. The number of fused-ring (bicyclic) bond motifs is 1. The van der Waals surface area contributed by atoms with Crippen LogP contribution in [-0.2, 0) is 9.53 Å². The highest BCUT2D eigenvalue weighted by molar-refractivity contribution is 6.21. The predicted molar refractivity (Wildman–Crippen MR) is 104 cm³/mol. The highest BCUT2D eigenvalue weighted by Crippen LogP contribution is 2.22. The third-order valence-corrected chi connectivity index (χ3v) is 4.43. The maximum atomic E-state index is 12.2. The molecule has 1 aliphatic rings. The number of rotatable bonds is 8. The number of unbranched alkanes of at least 4 members (excludes halogenated alkanes) is 1. The number of imide groups is 1. The molecular weight excluding hydrogens is 358 g/mol. The fourth-order valence-electron chi connectivity index (χ4n) is 2.91. The number of methoxy groups -OCH3 is 1. The van der Waals surface area contributed by atoms with Crippen molar-refractivity contribution in [2.45, 2.75) is 12.8 Å². The minimum absolute atomic E-state index is 0.231. The number of carbonyl (C=O) groups excluding carboxylic acids is 3. The maximum absolute atomic E-state index is 12.2. The van der Waals surface area contributed by atoms with E-state index in [1.165, 1.54) is 11.0 Å². The molecule has 0 atom stereocenters. The van der Waals surface area contributed by atoms with E-state index < -0.39 is 5.97 Å². The quantitative estimate of drug-likeness (QED) is 0.304. The molecule has 0 spiro atoms. The number of hydrogen-bond acceptors (Lipinski definition) is 5. The van der Waals surface area contributed by atoms with Crippen molar-refractivity contribution in [3.05, 3.63) is 71.3 Å². The molecule has 2 aromatic carbocycles. The van der Waals surface area contributed by atoms with Gasteiger partial charge in [-0.15, -0.1) is 0 Å². The number of esters is 1. The molecule has 0 unspecified atom stereocenters. The van der Waals surface area contributed by atoms with Gasteiger partial charge in [0.2, 0.25) is 0 Å². The van der Waals surface area contributed by atoms with Crippen LogP contribution in [0.2, 0.25) is 0 Å². The van der Waals surface area contributed by atoms with Crippen molar-refractivity contribution in [1.82, 2.24) is 4.90 Å². The van der Waals surface area contributed by atoms with Gasteiger partial charge in [-0.3, -0.25) is 14.5 Å². The van der Waals surface area contributed by atoms with E-state index in [0.29, 0.717) is 30.5 Å². The van der Waals surface area contributed by atoms with Crippen molar-refractivity contribution in [2.75, 3.05) is 20.3 Å². The molecule has 2 amide bonds. The van der Waals surface area contributed by atoms with Gasteiger partial charge in [0.25, 0.3) is 11.8 Å². The zero-order chi connectivity index (χ0) is 19.9. The standard InChI is InChI=1S/C22H21NO5/c1-27-17-11-8-16(9-12-17)10-13-20(24)28-15-5-4-14-23-21(25)18-6-2-3-7-19(18)22(23)26/h2-3,6-13H,4-5,14-15H2,1H3/b13-10+. The molecule has 0 saturated carbocycles. The van der Waals surface area contributed by atoms with Crippen molar-refractivity contribution in [3.63, 3.8) is 0 Å². The summed E-state index contributed by atoms with van der Waals surface area (Å²) in [7, 11) is 1.59. The highest BCUT2D eigenvalue weighted by atomic mass is 16.5. The van der Waals surface area contributed by atoms with E-state index in [1.54, 1.807) is 37.5 Å². The van der Waals surface area contributed by atoms with Crippen LogP contribution in [0.1, 0.15) is 39.1 Å². The summed E-state index contributed by atoms with van der Waals surface area (Å²) in [6.07, 6.45) is 4.17. The summed E-state index contributed by atoms with van der Waals surface area (Å²) in [6, 6.07) is 14.1. The Morgan fingerprint density at radius 1 is 0.964 bits per heavy atom. The van der Waals surface area contributed by atoms with Gasteiger partial charge in [-0.25, -0.2) is 4.79 Å². The number of ether oxygens (including phenoxy) is 2. The topological polar surface area (TPSA) is 72.9 Å². The van der Waals surface area contributed by atoms with E-state index in [1.807, 2.05) is 24.3 Å². The van der Waals surface area contributed by atoms with Crippen LogP contribution in [0.15, 0.2) is 54.6 Å². The Labute approximate surface area is 163 Å². The number of amides is 2. The molecule has 144 valence electrons. The molecule has 6 heteroatoms. The zero-order valence-electron chi connectivity index (χ0n) is 15.6. The van der Waals surface area contributed by atoms with Gasteiger partial charge in [0.15, 0.2) is 0 Å². The lowest BCUT2D eigenvalue weighted by molar-refractivity contribution is -0.137. The van der Waals surface area contributed by atoms with E-state index in [9.17, 15) is 14.4 Å². The largest absolute Gasteiger partial charge is 0.497 e. The van der Waals surface area contributed by atoms with Gasteiger partial charge in [0, 0.05) is 12.6 Å². The molecular formula is C22H21NO5. The first-order chi connectivity index (χ1) is 13.6. The molecule has 28 heavy (non-hydrogen) atoms. The molecule has 0 fully saturated rings. The smallest absolute Gasteiger partial charge is 0.330 e. The van der Waals surface area contributed by atoms with Crippen LogP contribution in [0.25, 0.3) is 6.08 Å². The van der Waals surface area contributed by atoms with Crippen LogP contribution in [0.4, 0.5) is 0 Å². The Morgan fingerprint density at radius 2 is 1.61 bits per heavy atom. The SMILES string of the molecule is COc1ccc(/C=C/C(=O)OCCCCN2C(=O)c3ccccc3C2=O)cc1. The van der Waals surface area contributed by atoms with Crippen molar-refractivity contribution in [2.24, 2.45) is 0 Å². The molecule has 1 aliphatic heterocycles. The lowest BCUT2D eigenvalue weighted by Crippen LogP contribution is -2.30. The van der Waals surface area contributed by atoms with Crippen molar-refractivity contribution >= 4 is 23.9 Å². The molecule has 3 rings (SSSR count). The zero-order valence-corrected chi connectivity index (χ0v) is 15.6. The monoisotopic (exact) mass is 379 g/mol. The first-order valence-corrected chi connectivity index (χ1v) is 9.04. The maximum Gasteiger partial charge on any atom is 0.330 e. The summed E-state index contributed by atoms with van der Waals surface area (Å²) in [5, 5.41) is 0. The van der Waals surface area contributed by atoms with Gasteiger partial charge in [-0.1, -0.05) is 24.3 Å². The molecule has 2 aromatic rings. The Morgan fingerprint density at radius 3 is 2.21 bits per heavy atom. The molecule has 6 nitrogen and oxygen atoms in total. The Balaban J connectivity index is 1.38. The predicted octanol–water partition coefficient (Wildman–Crippen LogP) is 3.33. The highest BCUT2D eigenvalue weighted by Gasteiger charge is 2.34. The van der Waals surface area contributed by atoms with Crippen molar-refractivity contribution in [1.29, 1.82) is 0 Å². The minimum Gasteiger partial charge on any atom is -0.497 e. The van der Waals surface area contributed by atoms with Crippen LogP contribution < -0.4 is 4.74 Å². The molecule has 0 saturated heterocycles. The molecule has 0 radical (unpaired) electrons. The third kappa shape index (κ3) is 4.46. The summed E-state index contributed by atoms with van der Waals surface area (Å²) in [5.74, 6) is -0.214. The van der Waals surface area contributed by atoms with Gasteiger partial charge in [0.05, 0.1) is 24.8 Å². The molecule has 0 aromatic heterocycles. The number of nitrogens with zero attached hydrogens (tertiary/aromatic N) is 1.